The molecule has 0 saturated carbocycles. The summed E-state index contributed by atoms with van der Waals surface area (Å²) in [6.07, 6.45) is 0. The summed E-state index contributed by atoms with van der Waals surface area (Å²) < 4.78 is 12.7. The van der Waals surface area contributed by atoms with Crippen LogP contribution in [0.15, 0.2) is 24.3 Å². The molecule has 1 rings (SSSR count). The number of hydrogen-bond acceptors (Lipinski definition) is 4. The van der Waals surface area contributed by atoms with Gasteiger partial charge in [-0.3, -0.25) is 4.90 Å². The first kappa shape index (κ1) is 14.1. The molecule has 0 atom stereocenters. The molecule has 0 aliphatic rings. The Morgan fingerprint density at radius 3 is 2.41 bits per heavy atom. The number of halogens is 1. The lowest BCUT2D eigenvalue weighted by atomic mass is 10.2. The molecular formula is C12H21FN4. The Labute approximate surface area is 102 Å². The lowest BCUT2D eigenvalue weighted by Crippen LogP contribution is -2.39. The van der Waals surface area contributed by atoms with Crippen LogP contribution in [0.2, 0.25) is 0 Å². The largest absolute Gasteiger partial charge is 0.329 e. The van der Waals surface area contributed by atoms with Crippen LogP contribution >= 0.6 is 0 Å². The van der Waals surface area contributed by atoms with Gasteiger partial charge in [0, 0.05) is 39.4 Å². The van der Waals surface area contributed by atoms with Crippen molar-refractivity contribution in [3.63, 3.8) is 0 Å². The van der Waals surface area contributed by atoms with E-state index in [1.807, 2.05) is 0 Å². The Hall–Kier alpha value is -1.01. The predicted octanol–water partition coefficient (Wildman–Crippen LogP) is 0.0922. The molecule has 96 valence electrons. The average molecular weight is 240 g/mol. The van der Waals surface area contributed by atoms with Gasteiger partial charge in [0.15, 0.2) is 0 Å². The number of hydrogen-bond donors (Lipinski definition) is 3. The Kier molecular flexibility index (Phi) is 6.73. The van der Waals surface area contributed by atoms with Crippen molar-refractivity contribution in [2.75, 3.05) is 32.8 Å². The third-order valence-electron chi connectivity index (χ3n) is 2.55. The lowest BCUT2D eigenvalue weighted by molar-refractivity contribution is 0.288. The zero-order valence-electron chi connectivity index (χ0n) is 10.0. The van der Waals surface area contributed by atoms with Crippen LogP contribution in [0, 0.1) is 5.82 Å². The monoisotopic (exact) mass is 240 g/mol. The van der Waals surface area contributed by atoms with Gasteiger partial charge in [-0.2, -0.15) is 0 Å². The maximum atomic E-state index is 12.7. The van der Waals surface area contributed by atoms with E-state index in [4.69, 9.17) is 11.5 Å². The van der Waals surface area contributed by atoms with Crippen molar-refractivity contribution in [1.29, 1.82) is 0 Å². The summed E-state index contributed by atoms with van der Waals surface area (Å²) in [5.74, 6) is -0.203. The van der Waals surface area contributed by atoms with Crippen molar-refractivity contribution in [3.05, 3.63) is 35.6 Å². The Balaban J connectivity index is 2.17. The van der Waals surface area contributed by atoms with Gasteiger partial charge in [-0.25, -0.2) is 4.39 Å². The molecule has 0 aromatic heterocycles. The van der Waals surface area contributed by atoms with Gasteiger partial charge in [-0.05, 0) is 17.7 Å². The minimum absolute atomic E-state index is 0.203. The third-order valence-corrected chi connectivity index (χ3v) is 2.55. The third kappa shape index (κ3) is 5.74. The van der Waals surface area contributed by atoms with Crippen LogP contribution in [0.4, 0.5) is 4.39 Å². The van der Waals surface area contributed by atoms with Gasteiger partial charge >= 0.3 is 0 Å². The second-order valence-corrected chi connectivity index (χ2v) is 3.89. The van der Waals surface area contributed by atoms with E-state index < -0.39 is 0 Å². The number of rotatable bonds is 8. The molecule has 4 nitrogen and oxygen atoms in total. The highest BCUT2D eigenvalue weighted by molar-refractivity contribution is 5.15. The van der Waals surface area contributed by atoms with Crippen molar-refractivity contribution in [1.82, 2.24) is 10.2 Å². The summed E-state index contributed by atoms with van der Waals surface area (Å²) in [7, 11) is 0. The molecule has 0 saturated heterocycles. The fourth-order valence-corrected chi connectivity index (χ4v) is 1.55. The normalized spacial score (nSPS) is 11.1. The molecule has 17 heavy (non-hydrogen) atoms. The standard InChI is InChI=1S/C12H21FN4/c13-12-3-1-11(2-4-12)9-16-6-8-17(10-15)7-5-14/h1-4,16H,5-10,14-15H2. The molecule has 0 aliphatic carbocycles. The van der Waals surface area contributed by atoms with E-state index >= 15 is 0 Å². The maximum Gasteiger partial charge on any atom is 0.123 e. The van der Waals surface area contributed by atoms with Gasteiger partial charge in [-0.1, -0.05) is 12.1 Å². The van der Waals surface area contributed by atoms with Gasteiger partial charge in [0.05, 0.1) is 0 Å². The highest BCUT2D eigenvalue weighted by atomic mass is 19.1. The van der Waals surface area contributed by atoms with Gasteiger partial charge < -0.3 is 16.8 Å². The van der Waals surface area contributed by atoms with E-state index in [1.165, 1.54) is 12.1 Å². The molecule has 0 unspecified atom stereocenters. The van der Waals surface area contributed by atoms with Crippen molar-refractivity contribution < 1.29 is 4.39 Å². The lowest BCUT2D eigenvalue weighted by Gasteiger charge is -2.19. The van der Waals surface area contributed by atoms with E-state index in [2.05, 4.69) is 10.2 Å². The first-order valence-corrected chi connectivity index (χ1v) is 5.84. The van der Waals surface area contributed by atoms with Crippen molar-refractivity contribution in [2.24, 2.45) is 11.5 Å². The van der Waals surface area contributed by atoms with Crippen LogP contribution in [0.5, 0.6) is 0 Å². The van der Waals surface area contributed by atoms with E-state index in [1.54, 1.807) is 12.1 Å². The summed E-state index contributed by atoms with van der Waals surface area (Å²) in [6.45, 7) is 4.41. The fraction of sp³-hybridized carbons (Fsp3) is 0.500. The van der Waals surface area contributed by atoms with Crippen molar-refractivity contribution in [3.8, 4) is 0 Å². The molecule has 5 N–H and O–H groups in total. The quantitative estimate of drug-likeness (QED) is 0.445. The first-order valence-electron chi connectivity index (χ1n) is 5.84. The molecule has 0 radical (unpaired) electrons. The Morgan fingerprint density at radius 2 is 1.82 bits per heavy atom. The summed E-state index contributed by atoms with van der Waals surface area (Å²) in [4.78, 5) is 2.08. The zero-order valence-corrected chi connectivity index (χ0v) is 10.0. The topological polar surface area (TPSA) is 67.3 Å². The summed E-state index contributed by atoms with van der Waals surface area (Å²) in [5.41, 5.74) is 12.1. The first-order chi connectivity index (χ1) is 8.26. The molecule has 0 aliphatic heterocycles. The van der Waals surface area contributed by atoms with Crippen molar-refractivity contribution >= 4 is 0 Å². The Morgan fingerprint density at radius 1 is 1.12 bits per heavy atom. The van der Waals surface area contributed by atoms with Crippen LogP contribution in [-0.2, 0) is 6.54 Å². The van der Waals surface area contributed by atoms with Gasteiger partial charge in [-0.15, -0.1) is 0 Å². The molecule has 0 spiro atoms. The SMILES string of the molecule is NCCN(CN)CCNCc1ccc(F)cc1. The summed E-state index contributed by atoms with van der Waals surface area (Å²) >= 11 is 0. The number of benzene rings is 1. The van der Waals surface area contributed by atoms with Crippen LogP contribution < -0.4 is 16.8 Å². The molecule has 0 amide bonds. The average Bonchev–Trinajstić information content (AvgIpc) is 2.35. The number of nitrogens with two attached hydrogens (primary N) is 2. The van der Waals surface area contributed by atoms with Crippen LogP contribution in [-0.4, -0.2) is 37.7 Å². The minimum atomic E-state index is -0.203. The van der Waals surface area contributed by atoms with Crippen molar-refractivity contribution in [2.45, 2.75) is 6.54 Å². The van der Waals surface area contributed by atoms with Gasteiger partial charge in [0.2, 0.25) is 0 Å². The van der Waals surface area contributed by atoms with Crippen LogP contribution in [0.1, 0.15) is 5.56 Å². The second-order valence-electron chi connectivity index (χ2n) is 3.89. The highest BCUT2D eigenvalue weighted by Gasteiger charge is 2.00. The maximum absolute atomic E-state index is 12.7. The highest BCUT2D eigenvalue weighted by Crippen LogP contribution is 2.01. The van der Waals surface area contributed by atoms with E-state index in [-0.39, 0.29) is 5.82 Å². The van der Waals surface area contributed by atoms with Crippen LogP contribution in [0.3, 0.4) is 0 Å². The van der Waals surface area contributed by atoms with Gasteiger partial charge in [0.25, 0.3) is 0 Å². The second kappa shape index (κ2) is 8.14. The molecule has 1 aromatic rings. The summed E-state index contributed by atoms with van der Waals surface area (Å²) in [6, 6.07) is 6.50. The Bertz CT molecular complexity index is 302. The van der Waals surface area contributed by atoms with E-state index in [9.17, 15) is 4.39 Å². The predicted molar refractivity (Wildman–Crippen MR) is 67.8 cm³/mol. The molecule has 0 fully saturated rings. The molecule has 5 heteroatoms. The number of nitrogens with zero attached hydrogens (tertiary/aromatic N) is 1. The minimum Gasteiger partial charge on any atom is -0.329 e. The fourth-order valence-electron chi connectivity index (χ4n) is 1.55. The van der Waals surface area contributed by atoms with E-state index in [0.29, 0.717) is 13.2 Å². The molecule has 1 aromatic carbocycles. The van der Waals surface area contributed by atoms with E-state index in [0.717, 1.165) is 31.7 Å². The molecule has 0 heterocycles. The van der Waals surface area contributed by atoms with Crippen LogP contribution in [0.25, 0.3) is 0 Å². The smallest absolute Gasteiger partial charge is 0.123 e. The number of nitrogens with one attached hydrogen (secondary N) is 1. The summed E-state index contributed by atoms with van der Waals surface area (Å²) in [5, 5.41) is 3.28. The molecular weight excluding hydrogens is 219 g/mol. The molecule has 0 bridgehead atoms. The van der Waals surface area contributed by atoms with Gasteiger partial charge in [0.1, 0.15) is 5.82 Å². The zero-order chi connectivity index (χ0) is 12.5.